The molecule has 0 aliphatic carbocycles. The molecule has 36 heavy (non-hydrogen) atoms. The number of furan rings is 1. The Balaban J connectivity index is 1.74. The lowest BCUT2D eigenvalue weighted by molar-refractivity contribution is -0.0505. The van der Waals surface area contributed by atoms with Crippen LogP contribution in [-0.2, 0) is 11.3 Å². The molecule has 0 spiro atoms. The number of rotatable bonds is 9. The number of hydrogen-bond donors (Lipinski definition) is 0. The van der Waals surface area contributed by atoms with Crippen LogP contribution in [0.4, 0.5) is 17.6 Å². The number of nitrogens with zero attached hydrogens (tertiary/aromatic N) is 2. The molecule has 0 saturated heterocycles. The molecule has 2 aromatic heterocycles. The van der Waals surface area contributed by atoms with Gasteiger partial charge in [-0.25, -0.2) is 4.79 Å². The average Bonchev–Trinajstić information content (AvgIpc) is 3.44. The van der Waals surface area contributed by atoms with Gasteiger partial charge >= 0.3 is 19.2 Å². The maximum atomic E-state index is 12.5. The Morgan fingerprint density at radius 2 is 1.47 bits per heavy atom. The Morgan fingerprint density at radius 3 is 2.00 bits per heavy atom. The van der Waals surface area contributed by atoms with Gasteiger partial charge in [0.2, 0.25) is 5.76 Å². The van der Waals surface area contributed by atoms with E-state index in [0.717, 1.165) is 0 Å². The quantitative estimate of drug-likeness (QED) is 0.184. The van der Waals surface area contributed by atoms with E-state index < -0.39 is 19.2 Å². The van der Waals surface area contributed by atoms with Gasteiger partial charge in [-0.3, -0.25) is 4.68 Å². The Labute approximate surface area is 206 Å². The Morgan fingerprint density at radius 1 is 0.917 bits per heavy atom. The van der Waals surface area contributed by atoms with E-state index in [1.165, 1.54) is 66.4 Å². The summed E-state index contributed by atoms with van der Waals surface area (Å²) in [6.45, 7) is -5.89. The lowest BCUT2D eigenvalue weighted by Gasteiger charge is -2.09. The molecule has 4 rings (SSSR count). The second-order valence-corrected chi connectivity index (χ2v) is 7.61. The minimum atomic E-state index is -2.98. The van der Waals surface area contributed by atoms with Gasteiger partial charge in [0.25, 0.3) is 0 Å². The predicted octanol–water partition coefficient (Wildman–Crippen LogP) is 6.50. The monoisotopic (exact) mass is 524 g/mol. The van der Waals surface area contributed by atoms with Gasteiger partial charge in [-0.1, -0.05) is 11.6 Å². The largest absolute Gasteiger partial charge is 0.463 e. The minimum Gasteiger partial charge on any atom is -0.463 e. The van der Waals surface area contributed by atoms with Crippen molar-refractivity contribution >= 4 is 17.6 Å². The van der Waals surface area contributed by atoms with Crippen LogP contribution in [0.3, 0.4) is 0 Å². The number of hydrogen-bond acceptors (Lipinski definition) is 6. The Hall–Kier alpha value is -3.99. The van der Waals surface area contributed by atoms with E-state index in [2.05, 4.69) is 19.3 Å². The van der Waals surface area contributed by atoms with E-state index in [4.69, 9.17) is 16.0 Å². The molecule has 0 atom stereocenters. The molecule has 2 aromatic carbocycles. The number of esters is 1. The molecule has 7 nitrogen and oxygen atoms in total. The minimum absolute atomic E-state index is 0.00403. The maximum Gasteiger partial charge on any atom is 0.387 e. The number of carbonyl (C=O) groups excluding carboxylic acids is 1. The number of benzene rings is 2. The molecule has 0 bridgehead atoms. The topological polar surface area (TPSA) is 75.7 Å². The van der Waals surface area contributed by atoms with Gasteiger partial charge in [0.05, 0.1) is 24.4 Å². The summed E-state index contributed by atoms with van der Waals surface area (Å²) in [7, 11) is 1.22. The highest BCUT2D eigenvalue weighted by Gasteiger charge is 2.21. The van der Waals surface area contributed by atoms with Gasteiger partial charge in [0.15, 0.2) is 0 Å². The molecule has 12 heteroatoms. The number of alkyl halides is 4. The standard InChI is InChI=1S/C24H17ClF4N2O5/c1-33-22(32)18-11-10-17(34-18)12-31-21(14-4-8-16(9-5-14)36-24(28)29)19(25)20(30-31)13-2-6-15(7-3-13)35-23(26)27/h2-11,23-24H,12H2,1H3. The summed E-state index contributed by atoms with van der Waals surface area (Å²) in [5.74, 6) is -0.373. The van der Waals surface area contributed by atoms with Crippen LogP contribution in [0.25, 0.3) is 22.5 Å². The first-order valence-corrected chi connectivity index (χ1v) is 10.7. The fourth-order valence-electron chi connectivity index (χ4n) is 3.42. The zero-order chi connectivity index (χ0) is 25.8. The number of aromatic nitrogens is 2. The summed E-state index contributed by atoms with van der Waals surface area (Å²) in [6, 6.07) is 14.5. The third-order valence-corrected chi connectivity index (χ3v) is 5.31. The molecule has 188 valence electrons. The second kappa shape index (κ2) is 10.7. The van der Waals surface area contributed by atoms with E-state index in [0.29, 0.717) is 28.3 Å². The van der Waals surface area contributed by atoms with Crippen LogP contribution < -0.4 is 9.47 Å². The van der Waals surface area contributed by atoms with Crippen molar-refractivity contribution in [2.75, 3.05) is 7.11 Å². The lowest BCUT2D eigenvalue weighted by atomic mass is 10.1. The smallest absolute Gasteiger partial charge is 0.387 e. The van der Waals surface area contributed by atoms with Crippen LogP contribution in [0.2, 0.25) is 5.02 Å². The van der Waals surface area contributed by atoms with Crippen molar-refractivity contribution in [2.45, 2.75) is 19.8 Å². The van der Waals surface area contributed by atoms with Crippen molar-refractivity contribution in [3.8, 4) is 34.0 Å². The molecular weight excluding hydrogens is 508 g/mol. The van der Waals surface area contributed by atoms with Gasteiger partial charge in [-0.2, -0.15) is 22.7 Å². The fraction of sp³-hybridized carbons (Fsp3) is 0.167. The van der Waals surface area contributed by atoms with Crippen LogP contribution in [0.1, 0.15) is 16.3 Å². The summed E-state index contributed by atoms with van der Waals surface area (Å²) in [5, 5.41) is 4.76. The van der Waals surface area contributed by atoms with Gasteiger partial charge in [-0.05, 0) is 60.7 Å². The first-order chi connectivity index (χ1) is 17.2. The number of carbonyl (C=O) groups is 1. The molecule has 0 aliphatic rings. The molecule has 0 fully saturated rings. The predicted molar refractivity (Wildman–Crippen MR) is 121 cm³/mol. The highest BCUT2D eigenvalue weighted by Crippen LogP contribution is 2.38. The highest BCUT2D eigenvalue weighted by atomic mass is 35.5. The van der Waals surface area contributed by atoms with Gasteiger partial charge in [0, 0.05) is 11.1 Å². The molecule has 0 saturated carbocycles. The van der Waals surface area contributed by atoms with Crippen molar-refractivity contribution in [1.29, 1.82) is 0 Å². The summed E-state index contributed by atoms with van der Waals surface area (Å²) in [5.41, 5.74) is 1.77. The molecule has 0 N–H and O–H groups in total. The van der Waals surface area contributed by atoms with E-state index >= 15 is 0 Å². The van der Waals surface area contributed by atoms with Crippen molar-refractivity contribution in [3.63, 3.8) is 0 Å². The molecule has 0 unspecified atom stereocenters. The molecular formula is C24H17ClF4N2O5. The molecule has 4 aromatic rings. The lowest BCUT2D eigenvalue weighted by Crippen LogP contribution is -2.04. The van der Waals surface area contributed by atoms with Crippen LogP contribution in [-0.4, -0.2) is 36.1 Å². The molecule has 0 amide bonds. The first-order valence-electron chi connectivity index (χ1n) is 10.3. The van der Waals surface area contributed by atoms with Crippen LogP contribution >= 0.6 is 11.6 Å². The zero-order valence-corrected chi connectivity index (χ0v) is 19.2. The Kier molecular flexibility index (Phi) is 7.49. The van der Waals surface area contributed by atoms with Crippen LogP contribution in [0.15, 0.2) is 65.1 Å². The second-order valence-electron chi connectivity index (χ2n) is 7.23. The zero-order valence-electron chi connectivity index (χ0n) is 18.5. The van der Waals surface area contributed by atoms with E-state index in [-0.39, 0.29) is 28.8 Å². The fourth-order valence-corrected chi connectivity index (χ4v) is 3.78. The average molecular weight is 525 g/mol. The van der Waals surface area contributed by atoms with E-state index in [9.17, 15) is 22.4 Å². The third kappa shape index (κ3) is 5.62. The van der Waals surface area contributed by atoms with Crippen molar-refractivity contribution in [2.24, 2.45) is 0 Å². The van der Waals surface area contributed by atoms with E-state index in [1.54, 1.807) is 6.07 Å². The van der Waals surface area contributed by atoms with Gasteiger partial charge in [0.1, 0.15) is 23.0 Å². The summed E-state index contributed by atoms with van der Waals surface area (Å²) in [6.07, 6.45) is 0. The normalized spacial score (nSPS) is 11.2. The maximum absolute atomic E-state index is 12.5. The van der Waals surface area contributed by atoms with Gasteiger partial charge in [-0.15, -0.1) is 0 Å². The molecule has 0 radical (unpaired) electrons. The number of methoxy groups -OCH3 is 1. The molecule has 0 aliphatic heterocycles. The first kappa shape index (κ1) is 25.1. The summed E-state index contributed by atoms with van der Waals surface area (Å²) >= 11 is 6.70. The number of ether oxygens (including phenoxy) is 3. The van der Waals surface area contributed by atoms with Crippen LogP contribution in [0, 0.1) is 0 Å². The van der Waals surface area contributed by atoms with Crippen molar-refractivity contribution < 1.29 is 41.0 Å². The highest BCUT2D eigenvalue weighted by molar-refractivity contribution is 6.35. The number of halogens is 5. The SMILES string of the molecule is COC(=O)c1ccc(Cn2nc(-c3ccc(OC(F)F)cc3)c(Cl)c2-c2ccc(OC(F)F)cc2)o1. The van der Waals surface area contributed by atoms with E-state index in [1.807, 2.05) is 0 Å². The van der Waals surface area contributed by atoms with Crippen LogP contribution in [0.5, 0.6) is 11.5 Å². The molecule has 2 heterocycles. The summed E-state index contributed by atoms with van der Waals surface area (Å²) in [4.78, 5) is 11.7. The third-order valence-electron chi connectivity index (χ3n) is 4.95. The van der Waals surface area contributed by atoms with Crippen molar-refractivity contribution in [3.05, 3.63) is 77.2 Å². The summed E-state index contributed by atoms with van der Waals surface area (Å²) < 4.78 is 70.5. The Bertz CT molecular complexity index is 1340. The van der Waals surface area contributed by atoms with Crippen molar-refractivity contribution in [1.82, 2.24) is 9.78 Å². The van der Waals surface area contributed by atoms with Gasteiger partial charge < -0.3 is 18.6 Å².